The maximum Gasteiger partial charge on any atom is 0.0387 e. The van der Waals surface area contributed by atoms with Crippen molar-refractivity contribution in [3.63, 3.8) is 0 Å². The fraction of sp³-hybridized carbons (Fsp3) is 1.00. The third-order valence-corrected chi connectivity index (χ3v) is 4.04. The Balaban J connectivity index is 2.18. The molecule has 2 fully saturated rings. The molecule has 0 aromatic rings. The first kappa shape index (κ1) is 10.4. The summed E-state index contributed by atoms with van der Waals surface area (Å²) in [5.74, 6) is 0. The highest BCUT2D eigenvalue weighted by Gasteiger charge is 2.47. The lowest BCUT2D eigenvalue weighted by molar-refractivity contribution is 0.0609. The van der Waals surface area contributed by atoms with E-state index in [9.17, 15) is 0 Å². The van der Waals surface area contributed by atoms with Crippen LogP contribution in [0.4, 0.5) is 0 Å². The SMILES string of the molecule is CC(C)N1CCC(N)C12CCNCC2. The van der Waals surface area contributed by atoms with Crippen molar-refractivity contribution >= 4 is 0 Å². The molecule has 3 heteroatoms. The first-order chi connectivity index (χ1) is 6.67. The standard InChI is InChI=1S/C11H23N3/c1-9(2)14-8-3-10(12)11(14)4-6-13-7-5-11/h9-10,13H,3-8,12H2,1-2H3. The lowest BCUT2D eigenvalue weighted by Gasteiger charge is -2.46. The van der Waals surface area contributed by atoms with Gasteiger partial charge in [-0.05, 0) is 46.2 Å². The topological polar surface area (TPSA) is 41.3 Å². The highest BCUT2D eigenvalue weighted by molar-refractivity contribution is 5.07. The van der Waals surface area contributed by atoms with E-state index in [2.05, 4.69) is 24.1 Å². The smallest absolute Gasteiger partial charge is 0.0387 e. The molecule has 0 radical (unpaired) electrons. The number of piperidine rings is 1. The molecule has 2 heterocycles. The second-order valence-electron chi connectivity index (χ2n) is 5.04. The minimum Gasteiger partial charge on any atom is -0.326 e. The van der Waals surface area contributed by atoms with Crippen molar-refractivity contribution in [3.05, 3.63) is 0 Å². The van der Waals surface area contributed by atoms with E-state index in [-0.39, 0.29) is 0 Å². The van der Waals surface area contributed by atoms with E-state index in [0.717, 1.165) is 13.1 Å². The van der Waals surface area contributed by atoms with Gasteiger partial charge in [0.2, 0.25) is 0 Å². The zero-order valence-corrected chi connectivity index (χ0v) is 9.42. The average molecular weight is 197 g/mol. The van der Waals surface area contributed by atoms with Gasteiger partial charge in [-0.25, -0.2) is 0 Å². The van der Waals surface area contributed by atoms with Crippen molar-refractivity contribution in [1.82, 2.24) is 10.2 Å². The number of hydrogen-bond acceptors (Lipinski definition) is 3. The van der Waals surface area contributed by atoms with Gasteiger partial charge in [-0.1, -0.05) is 0 Å². The summed E-state index contributed by atoms with van der Waals surface area (Å²) < 4.78 is 0. The van der Waals surface area contributed by atoms with E-state index in [1.807, 2.05) is 0 Å². The van der Waals surface area contributed by atoms with Gasteiger partial charge in [0, 0.05) is 24.2 Å². The molecule has 0 aromatic heterocycles. The van der Waals surface area contributed by atoms with Crippen molar-refractivity contribution in [3.8, 4) is 0 Å². The van der Waals surface area contributed by atoms with Crippen LogP contribution in [0.15, 0.2) is 0 Å². The molecule has 1 spiro atoms. The summed E-state index contributed by atoms with van der Waals surface area (Å²) in [6, 6.07) is 1.04. The van der Waals surface area contributed by atoms with Crippen LogP contribution in [0.2, 0.25) is 0 Å². The van der Waals surface area contributed by atoms with E-state index in [0.29, 0.717) is 17.6 Å². The Hall–Kier alpha value is -0.120. The van der Waals surface area contributed by atoms with Gasteiger partial charge in [0.15, 0.2) is 0 Å². The first-order valence-electron chi connectivity index (χ1n) is 5.90. The Kier molecular flexibility index (Phi) is 2.82. The fourth-order valence-electron chi connectivity index (χ4n) is 3.27. The van der Waals surface area contributed by atoms with E-state index >= 15 is 0 Å². The minimum atomic E-state index is 0.319. The predicted molar refractivity (Wildman–Crippen MR) is 59.3 cm³/mol. The van der Waals surface area contributed by atoms with Gasteiger partial charge in [-0.2, -0.15) is 0 Å². The van der Waals surface area contributed by atoms with Crippen LogP contribution in [-0.4, -0.2) is 42.2 Å². The molecular formula is C11H23N3. The molecule has 0 aromatic carbocycles. The molecule has 3 nitrogen and oxygen atoms in total. The summed E-state index contributed by atoms with van der Waals surface area (Å²) in [6.07, 6.45) is 3.64. The zero-order chi connectivity index (χ0) is 10.2. The van der Waals surface area contributed by atoms with Crippen LogP contribution < -0.4 is 11.1 Å². The van der Waals surface area contributed by atoms with Crippen molar-refractivity contribution in [2.45, 2.75) is 50.7 Å². The molecule has 0 amide bonds. The fourth-order valence-corrected chi connectivity index (χ4v) is 3.27. The number of nitrogens with one attached hydrogen (secondary N) is 1. The largest absolute Gasteiger partial charge is 0.326 e. The average Bonchev–Trinajstić information content (AvgIpc) is 2.46. The number of rotatable bonds is 1. The number of nitrogens with zero attached hydrogens (tertiary/aromatic N) is 1. The molecule has 0 aliphatic carbocycles. The van der Waals surface area contributed by atoms with Crippen molar-refractivity contribution in [2.75, 3.05) is 19.6 Å². The van der Waals surface area contributed by atoms with E-state index in [4.69, 9.17) is 5.73 Å². The van der Waals surface area contributed by atoms with Gasteiger partial charge in [0.25, 0.3) is 0 Å². The zero-order valence-electron chi connectivity index (χ0n) is 9.42. The summed E-state index contributed by atoms with van der Waals surface area (Å²) in [7, 11) is 0. The predicted octanol–water partition coefficient (Wildman–Crippen LogP) is 0.550. The van der Waals surface area contributed by atoms with Gasteiger partial charge in [0.1, 0.15) is 0 Å². The van der Waals surface area contributed by atoms with Gasteiger partial charge in [-0.3, -0.25) is 4.90 Å². The lowest BCUT2D eigenvalue weighted by Crippen LogP contribution is -2.60. The van der Waals surface area contributed by atoms with Crippen LogP contribution in [0.3, 0.4) is 0 Å². The number of hydrogen-bond donors (Lipinski definition) is 2. The first-order valence-corrected chi connectivity index (χ1v) is 5.90. The Labute approximate surface area is 87.0 Å². The molecule has 2 aliphatic rings. The molecule has 82 valence electrons. The summed E-state index contributed by atoms with van der Waals surface area (Å²) in [5, 5.41) is 3.43. The van der Waals surface area contributed by atoms with Gasteiger partial charge >= 0.3 is 0 Å². The molecule has 0 saturated carbocycles. The highest BCUT2D eigenvalue weighted by Crippen LogP contribution is 2.37. The Bertz CT molecular complexity index is 197. The summed E-state index contributed by atoms with van der Waals surface area (Å²) in [6.45, 7) is 8.05. The Morgan fingerprint density at radius 3 is 2.57 bits per heavy atom. The van der Waals surface area contributed by atoms with Crippen LogP contribution in [0.1, 0.15) is 33.1 Å². The van der Waals surface area contributed by atoms with Crippen molar-refractivity contribution in [2.24, 2.45) is 5.73 Å². The second kappa shape index (κ2) is 3.80. The second-order valence-corrected chi connectivity index (χ2v) is 5.04. The lowest BCUT2D eigenvalue weighted by atomic mass is 9.82. The molecule has 1 unspecified atom stereocenters. The van der Waals surface area contributed by atoms with Crippen LogP contribution in [0.25, 0.3) is 0 Å². The Morgan fingerprint density at radius 1 is 1.36 bits per heavy atom. The molecule has 2 aliphatic heterocycles. The van der Waals surface area contributed by atoms with Crippen LogP contribution in [-0.2, 0) is 0 Å². The summed E-state index contributed by atoms with van der Waals surface area (Å²) >= 11 is 0. The van der Waals surface area contributed by atoms with Crippen LogP contribution in [0, 0.1) is 0 Å². The Morgan fingerprint density at radius 2 is 2.00 bits per heavy atom. The van der Waals surface area contributed by atoms with Crippen LogP contribution >= 0.6 is 0 Å². The molecule has 2 rings (SSSR count). The van der Waals surface area contributed by atoms with Crippen molar-refractivity contribution < 1.29 is 0 Å². The number of likely N-dealkylation sites (tertiary alicyclic amines) is 1. The third-order valence-electron chi connectivity index (χ3n) is 4.04. The van der Waals surface area contributed by atoms with Gasteiger partial charge < -0.3 is 11.1 Å². The molecule has 0 bridgehead atoms. The molecule has 14 heavy (non-hydrogen) atoms. The quantitative estimate of drug-likeness (QED) is 0.645. The molecule has 1 atom stereocenters. The van der Waals surface area contributed by atoms with Crippen molar-refractivity contribution in [1.29, 1.82) is 0 Å². The van der Waals surface area contributed by atoms with Gasteiger partial charge in [-0.15, -0.1) is 0 Å². The highest BCUT2D eigenvalue weighted by atomic mass is 15.3. The van der Waals surface area contributed by atoms with Gasteiger partial charge in [0.05, 0.1) is 0 Å². The van der Waals surface area contributed by atoms with E-state index in [1.54, 1.807) is 0 Å². The van der Waals surface area contributed by atoms with E-state index < -0.39 is 0 Å². The minimum absolute atomic E-state index is 0.319. The number of nitrogens with two attached hydrogens (primary N) is 1. The molecular weight excluding hydrogens is 174 g/mol. The monoisotopic (exact) mass is 197 g/mol. The maximum absolute atomic E-state index is 6.30. The normalized spacial score (nSPS) is 33.0. The van der Waals surface area contributed by atoms with Crippen LogP contribution in [0.5, 0.6) is 0 Å². The summed E-state index contributed by atoms with van der Waals surface area (Å²) in [4.78, 5) is 2.64. The third kappa shape index (κ3) is 1.47. The molecule has 3 N–H and O–H groups in total. The van der Waals surface area contributed by atoms with E-state index in [1.165, 1.54) is 25.8 Å². The summed E-state index contributed by atoms with van der Waals surface area (Å²) in [5.41, 5.74) is 6.62. The maximum atomic E-state index is 6.30. The molecule has 2 saturated heterocycles.